The smallest absolute Gasteiger partial charge is 0.213 e. The summed E-state index contributed by atoms with van der Waals surface area (Å²) in [4.78, 5) is 4.28. The Morgan fingerprint density at radius 3 is 3.06 bits per heavy atom. The van der Waals surface area contributed by atoms with Crippen molar-refractivity contribution in [3.63, 3.8) is 0 Å². The highest BCUT2D eigenvalue weighted by atomic mass is 35.5. The lowest BCUT2D eigenvalue weighted by Gasteiger charge is -2.14. The lowest BCUT2D eigenvalue weighted by Crippen LogP contribution is -2.07. The molecule has 1 aliphatic rings. The maximum atomic E-state index is 6.20. The van der Waals surface area contributed by atoms with Crippen molar-refractivity contribution in [1.29, 1.82) is 0 Å². The van der Waals surface area contributed by atoms with Crippen molar-refractivity contribution >= 4 is 23.8 Å². The van der Waals surface area contributed by atoms with Gasteiger partial charge in [0.1, 0.15) is 5.82 Å². The highest BCUT2D eigenvalue weighted by molar-refractivity contribution is 7.71. The molecule has 1 aromatic carbocycles. The molecule has 0 fully saturated rings. The Balaban J connectivity index is 2.11. The minimum Gasteiger partial charge on any atom is -0.271 e. The molecule has 3 rings (SSSR count). The topological polar surface area (TPSA) is 33.6 Å². The lowest BCUT2D eigenvalue weighted by atomic mass is 10.1. The van der Waals surface area contributed by atoms with Crippen molar-refractivity contribution in [2.75, 3.05) is 0 Å². The predicted octanol–water partition coefficient (Wildman–Crippen LogP) is 3.13. The number of hydrogen-bond acceptors (Lipinski definition) is 2. The van der Waals surface area contributed by atoms with Gasteiger partial charge in [0, 0.05) is 11.4 Å². The normalized spacial score (nSPS) is 18.7. The summed E-state index contributed by atoms with van der Waals surface area (Å²) < 4.78 is 2.58. The minimum atomic E-state index is 0.243. The summed E-state index contributed by atoms with van der Waals surface area (Å²) in [5, 5.41) is 3.89. The average Bonchev–Trinajstić information content (AvgIpc) is 2.78. The summed E-state index contributed by atoms with van der Waals surface area (Å²) in [5.41, 5.74) is 1.13. The number of aromatic nitrogens is 3. The van der Waals surface area contributed by atoms with E-state index in [2.05, 4.69) is 16.1 Å². The quantitative estimate of drug-likeness (QED) is 0.790. The zero-order valence-electron chi connectivity index (χ0n) is 8.48. The van der Waals surface area contributed by atoms with E-state index in [4.69, 9.17) is 23.8 Å². The minimum absolute atomic E-state index is 0.243. The number of nitrogens with zero attached hydrogens (tertiary/aromatic N) is 2. The molecule has 0 bridgehead atoms. The van der Waals surface area contributed by atoms with Gasteiger partial charge < -0.3 is 0 Å². The maximum Gasteiger partial charge on any atom is 0.213 e. The van der Waals surface area contributed by atoms with Gasteiger partial charge in [-0.2, -0.15) is 0 Å². The Morgan fingerprint density at radius 2 is 2.25 bits per heavy atom. The number of aryl methyl sites for hydroxylation is 1. The fraction of sp³-hybridized carbons (Fsp3) is 0.273. The number of halogens is 1. The van der Waals surface area contributed by atoms with Crippen LogP contribution in [0.2, 0.25) is 5.02 Å². The molecular formula is C11H10ClN3S. The molecule has 2 heterocycles. The Hall–Kier alpha value is -1.13. The number of H-pyrrole nitrogens is 1. The number of aromatic amines is 1. The van der Waals surface area contributed by atoms with E-state index < -0.39 is 0 Å². The van der Waals surface area contributed by atoms with Crippen LogP contribution in [-0.2, 0) is 6.42 Å². The Labute approximate surface area is 103 Å². The van der Waals surface area contributed by atoms with Gasteiger partial charge >= 0.3 is 0 Å². The van der Waals surface area contributed by atoms with Crippen LogP contribution in [0.25, 0.3) is 0 Å². The molecule has 0 radical (unpaired) electrons. The van der Waals surface area contributed by atoms with Crippen LogP contribution in [0, 0.1) is 4.77 Å². The van der Waals surface area contributed by atoms with Crippen LogP contribution in [0.1, 0.15) is 23.9 Å². The molecule has 1 atom stereocenters. The fourth-order valence-electron chi connectivity index (χ4n) is 2.23. The number of fused-ring (bicyclic) bond motifs is 1. The second-order valence-corrected chi connectivity index (χ2v) is 4.68. The first kappa shape index (κ1) is 10.1. The predicted molar refractivity (Wildman–Crippen MR) is 65.3 cm³/mol. The summed E-state index contributed by atoms with van der Waals surface area (Å²) in [6.45, 7) is 0. The van der Waals surface area contributed by atoms with E-state index in [9.17, 15) is 0 Å². The molecule has 1 N–H and O–H groups in total. The maximum absolute atomic E-state index is 6.20. The monoisotopic (exact) mass is 251 g/mol. The van der Waals surface area contributed by atoms with E-state index >= 15 is 0 Å². The third kappa shape index (κ3) is 1.49. The summed E-state index contributed by atoms with van der Waals surface area (Å²) >= 11 is 11.2. The Morgan fingerprint density at radius 1 is 1.44 bits per heavy atom. The number of nitrogens with one attached hydrogen (secondary N) is 1. The number of benzene rings is 1. The molecule has 3 nitrogen and oxygen atoms in total. The lowest BCUT2D eigenvalue weighted by molar-refractivity contribution is 0.553. The van der Waals surface area contributed by atoms with Crippen molar-refractivity contribution in [2.45, 2.75) is 18.9 Å². The third-order valence-corrected chi connectivity index (χ3v) is 3.47. The molecule has 0 spiro atoms. The second kappa shape index (κ2) is 3.71. The molecule has 0 saturated carbocycles. The van der Waals surface area contributed by atoms with E-state index in [-0.39, 0.29) is 6.04 Å². The van der Waals surface area contributed by atoms with Crippen molar-refractivity contribution < 1.29 is 0 Å². The largest absolute Gasteiger partial charge is 0.271 e. The first-order valence-electron chi connectivity index (χ1n) is 5.17. The van der Waals surface area contributed by atoms with Crippen molar-refractivity contribution in [2.24, 2.45) is 0 Å². The average molecular weight is 252 g/mol. The van der Waals surface area contributed by atoms with E-state index in [0.29, 0.717) is 4.77 Å². The van der Waals surface area contributed by atoms with Gasteiger partial charge in [0.25, 0.3) is 0 Å². The number of rotatable bonds is 1. The molecular weight excluding hydrogens is 242 g/mol. The van der Waals surface area contributed by atoms with Crippen LogP contribution in [0.15, 0.2) is 24.3 Å². The molecule has 1 unspecified atom stereocenters. The van der Waals surface area contributed by atoms with E-state index in [1.165, 1.54) is 0 Å². The van der Waals surface area contributed by atoms with Gasteiger partial charge in [0.2, 0.25) is 4.77 Å². The molecule has 82 valence electrons. The van der Waals surface area contributed by atoms with Crippen LogP contribution in [-0.4, -0.2) is 14.8 Å². The molecule has 0 aliphatic carbocycles. The van der Waals surface area contributed by atoms with Gasteiger partial charge in [-0.3, -0.25) is 9.78 Å². The summed E-state index contributed by atoms with van der Waals surface area (Å²) in [6, 6.07) is 8.16. The molecule has 0 saturated heterocycles. The van der Waals surface area contributed by atoms with Crippen LogP contribution in [0.3, 0.4) is 0 Å². The van der Waals surface area contributed by atoms with E-state index in [1.54, 1.807) is 0 Å². The summed E-state index contributed by atoms with van der Waals surface area (Å²) in [6.07, 6.45) is 1.97. The highest BCUT2D eigenvalue weighted by Crippen LogP contribution is 2.33. The van der Waals surface area contributed by atoms with Crippen LogP contribution >= 0.6 is 23.8 Å². The zero-order valence-corrected chi connectivity index (χ0v) is 10.1. The van der Waals surface area contributed by atoms with E-state index in [0.717, 1.165) is 29.3 Å². The van der Waals surface area contributed by atoms with Crippen LogP contribution in [0.5, 0.6) is 0 Å². The standard InChI is InChI=1S/C11H10ClN3S/c12-8-4-2-1-3-7(8)9-5-6-10-13-11(16)14-15(9)10/h1-4,9H,5-6H2,(H,14,16). The zero-order chi connectivity index (χ0) is 11.1. The first-order chi connectivity index (χ1) is 7.75. The summed E-state index contributed by atoms with van der Waals surface area (Å²) in [5.74, 6) is 1.02. The van der Waals surface area contributed by atoms with E-state index in [1.807, 2.05) is 22.9 Å². The molecule has 16 heavy (non-hydrogen) atoms. The van der Waals surface area contributed by atoms with Gasteiger partial charge in [0.05, 0.1) is 6.04 Å². The fourth-order valence-corrected chi connectivity index (χ4v) is 2.70. The SMILES string of the molecule is S=c1nc2n([nH]1)C(c1ccccc1Cl)CC2. The van der Waals surface area contributed by atoms with Crippen LogP contribution in [0.4, 0.5) is 0 Å². The third-order valence-electron chi connectivity index (χ3n) is 2.94. The van der Waals surface area contributed by atoms with Crippen molar-refractivity contribution in [1.82, 2.24) is 14.8 Å². The van der Waals surface area contributed by atoms with Crippen molar-refractivity contribution in [3.8, 4) is 0 Å². The molecule has 5 heteroatoms. The number of hydrogen-bond donors (Lipinski definition) is 1. The molecule has 2 aromatic rings. The van der Waals surface area contributed by atoms with Crippen molar-refractivity contribution in [3.05, 3.63) is 45.4 Å². The molecule has 1 aliphatic heterocycles. The second-order valence-electron chi connectivity index (χ2n) is 3.89. The van der Waals surface area contributed by atoms with Gasteiger partial charge in [-0.25, -0.2) is 4.98 Å². The Bertz CT molecular complexity index is 587. The van der Waals surface area contributed by atoms with Gasteiger partial charge in [-0.15, -0.1) is 0 Å². The highest BCUT2D eigenvalue weighted by Gasteiger charge is 2.26. The van der Waals surface area contributed by atoms with Gasteiger partial charge in [-0.05, 0) is 30.3 Å². The summed E-state index contributed by atoms with van der Waals surface area (Å²) in [7, 11) is 0. The van der Waals surface area contributed by atoms with Gasteiger partial charge in [0.15, 0.2) is 0 Å². The van der Waals surface area contributed by atoms with Crippen LogP contribution < -0.4 is 0 Å². The Kier molecular flexibility index (Phi) is 2.33. The molecule has 1 aromatic heterocycles. The van der Waals surface area contributed by atoms with Gasteiger partial charge in [-0.1, -0.05) is 29.8 Å². The molecule has 0 amide bonds. The first-order valence-corrected chi connectivity index (χ1v) is 5.96.